The van der Waals surface area contributed by atoms with Crippen LogP contribution in [0.25, 0.3) is 0 Å². The third kappa shape index (κ3) is 2.41. The molecule has 1 atom stereocenters. The molecule has 3 nitrogen and oxygen atoms in total. The van der Waals surface area contributed by atoms with Gasteiger partial charge in [-0.25, -0.2) is 0 Å². The fourth-order valence-corrected chi connectivity index (χ4v) is 0.906. The van der Waals surface area contributed by atoms with Gasteiger partial charge < -0.3 is 5.11 Å². The number of alkyl halides is 6. The van der Waals surface area contributed by atoms with Crippen LogP contribution in [-0.4, -0.2) is 21.5 Å². The first-order valence-corrected chi connectivity index (χ1v) is 3.49. The van der Waals surface area contributed by atoms with Crippen molar-refractivity contribution >= 4 is 0 Å². The van der Waals surface area contributed by atoms with Crippen LogP contribution in [0, 0.1) is 0 Å². The Kier molecular flexibility index (Phi) is 2.68. The van der Waals surface area contributed by atoms with E-state index in [0.29, 0.717) is 6.20 Å². The number of H-pyrrole nitrogens is 1. The molecule has 86 valence electrons. The van der Waals surface area contributed by atoms with Crippen molar-refractivity contribution in [1.29, 1.82) is 0 Å². The molecule has 1 rings (SSSR count). The Balaban J connectivity index is 3.12. The largest absolute Gasteiger partial charge is 0.433 e. The Morgan fingerprint density at radius 2 is 1.73 bits per heavy atom. The molecule has 2 N–H and O–H groups in total. The summed E-state index contributed by atoms with van der Waals surface area (Å²) in [4.78, 5) is 0. The minimum absolute atomic E-state index is 0.293. The van der Waals surface area contributed by atoms with Crippen molar-refractivity contribution in [2.75, 3.05) is 0 Å². The highest BCUT2D eigenvalue weighted by molar-refractivity contribution is 5.23. The predicted molar refractivity (Wildman–Crippen MR) is 34.6 cm³/mol. The van der Waals surface area contributed by atoms with Gasteiger partial charge in [-0.05, 0) is 0 Å². The molecule has 0 aliphatic carbocycles. The third-order valence-electron chi connectivity index (χ3n) is 1.56. The summed E-state index contributed by atoms with van der Waals surface area (Å²) in [5.41, 5.74) is -3.04. The lowest BCUT2D eigenvalue weighted by molar-refractivity contribution is -0.209. The molecule has 0 aliphatic heterocycles. The fraction of sp³-hybridized carbons (Fsp3) is 0.500. The standard InChI is InChI=1S/C6H4F6N2O/c7-5(8,9)3-2(1-13-14-3)4(15)6(10,11)12/h1,4,15H,(H,13,14)/t4-/m0/s1. The topological polar surface area (TPSA) is 48.9 Å². The van der Waals surface area contributed by atoms with Gasteiger partial charge in [0.2, 0.25) is 0 Å². The second-order valence-electron chi connectivity index (χ2n) is 2.64. The zero-order valence-corrected chi connectivity index (χ0v) is 6.82. The summed E-state index contributed by atoms with van der Waals surface area (Å²) in [5, 5.41) is 12.8. The smallest absolute Gasteiger partial charge is 0.379 e. The van der Waals surface area contributed by atoms with Gasteiger partial charge in [-0.3, -0.25) is 5.10 Å². The number of nitrogens with one attached hydrogen (secondary N) is 1. The molecule has 1 aromatic rings. The van der Waals surface area contributed by atoms with E-state index in [4.69, 9.17) is 5.11 Å². The van der Waals surface area contributed by atoms with Gasteiger partial charge in [0.15, 0.2) is 6.10 Å². The van der Waals surface area contributed by atoms with Gasteiger partial charge >= 0.3 is 12.4 Å². The lowest BCUT2D eigenvalue weighted by Crippen LogP contribution is -2.23. The molecular weight excluding hydrogens is 230 g/mol. The van der Waals surface area contributed by atoms with Crippen LogP contribution in [0.2, 0.25) is 0 Å². The molecule has 0 spiro atoms. The molecule has 0 bridgehead atoms. The van der Waals surface area contributed by atoms with E-state index in [1.165, 1.54) is 5.10 Å². The monoisotopic (exact) mass is 234 g/mol. The Labute approximate surface area is 78.7 Å². The first kappa shape index (κ1) is 11.8. The van der Waals surface area contributed by atoms with E-state index in [1.54, 1.807) is 0 Å². The molecule has 0 fully saturated rings. The highest BCUT2D eigenvalue weighted by Gasteiger charge is 2.46. The van der Waals surface area contributed by atoms with Crippen molar-refractivity contribution < 1.29 is 31.4 Å². The molecule has 0 aliphatic rings. The number of halogens is 6. The molecule has 0 amide bonds. The number of aliphatic hydroxyl groups excluding tert-OH is 1. The molecule has 0 saturated carbocycles. The van der Waals surface area contributed by atoms with Crippen molar-refractivity contribution in [3.8, 4) is 0 Å². The first-order valence-electron chi connectivity index (χ1n) is 3.49. The van der Waals surface area contributed by atoms with Crippen LogP contribution in [0.3, 0.4) is 0 Å². The maximum atomic E-state index is 12.1. The molecule has 0 aromatic carbocycles. The van der Waals surface area contributed by atoms with Crippen LogP contribution in [0.1, 0.15) is 17.4 Å². The average molecular weight is 234 g/mol. The van der Waals surface area contributed by atoms with Crippen LogP contribution in [0.4, 0.5) is 26.3 Å². The van der Waals surface area contributed by atoms with Crippen molar-refractivity contribution in [2.45, 2.75) is 18.5 Å². The van der Waals surface area contributed by atoms with Crippen LogP contribution < -0.4 is 0 Å². The van der Waals surface area contributed by atoms with Crippen molar-refractivity contribution in [3.63, 3.8) is 0 Å². The summed E-state index contributed by atoms with van der Waals surface area (Å²) in [6.07, 6.45) is -13.1. The number of hydrogen-bond donors (Lipinski definition) is 2. The van der Waals surface area contributed by atoms with E-state index < -0.39 is 29.7 Å². The summed E-state index contributed by atoms with van der Waals surface area (Å²) in [6.45, 7) is 0. The maximum Gasteiger partial charge on any atom is 0.433 e. The second-order valence-corrected chi connectivity index (χ2v) is 2.64. The molecule has 1 aromatic heterocycles. The molecule has 9 heteroatoms. The minimum Gasteiger partial charge on any atom is -0.379 e. The SMILES string of the molecule is O[C@@H](c1cn[nH]c1C(F)(F)F)C(F)(F)F. The van der Waals surface area contributed by atoms with Crippen LogP contribution >= 0.6 is 0 Å². The van der Waals surface area contributed by atoms with Gasteiger partial charge in [0, 0.05) is 5.56 Å². The Bertz CT molecular complexity index is 340. The number of hydrogen-bond acceptors (Lipinski definition) is 2. The highest BCUT2D eigenvalue weighted by Crippen LogP contribution is 2.38. The van der Waals surface area contributed by atoms with Crippen LogP contribution in [0.5, 0.6) is 0 Å². The molecule has 0 saturated heterocycles. The average Bonchev–Trinajstić information content (AvgIpc) is 2.47. The fourth-order valence-electron chi connectivity index (χ4n) is 0.906. The van der Waals surface area contributed by atoms with Crippen molar-refractivity contribution in [1.82, 2.24) is 10.2 Å². The summed E-state index contributed by atoms with van der Waals surface area (Å²) >= 11 is 0. The highest BCUT2D eigenvalue weighted by atomic mass is 19.4. The first-order chi connectivity index (χ1) is 6.64. The van der Waals surface area contributed by atoms with Gasteiger partial charge in [-0.2, -0.15) is 31.4 Å². The Morgan fingerprint density at radius 1 is 1.20 bits per heavy atom. The van der Waals surface area contributed by atoms with Gasteiger partial charge in [-0.1, -0.05) is 0 Å². The quantitative estimate of drug-likeness (QED) is 0.730. The maximum absolute atomic E-state index is 12.1. The third-order valence-corrected chi connectivity index (χ3v) is 1.56. The predicted octanol–water partition coefficient (Wildman–Crippen LogP) is 2.02. The Hall–Kier alpha value is -1.25. The van der Waals surface area contributed by atoms with E-state index in [1.807, 2.05) is 0 Å². The van der Waals surface area contributed by atoms with E-state index in [-0.39, 0.29) is 0 Å². The zero-order valence-electron chi connectivity index (χ0n) is 6.82. The normalized spacial score (nSPS) is 15.4. The van der Waals surface area contributed by atoms with E-state index >= 15 is 0 Å². The number of aromatic nitrogens is 2. The summed E-state index contributed by atoms with van der Waals surface area (Å²) in [5.74, 6) is 0. The minimum atomic E-state index is -5.16. The van der Waals surface area contributed by atoms with E-state index in [2.05, 4.69) is 5.10 Å². The van der Waals surface area contributed by atoms with E-state index in [0.717, 1.165) is 0 Å². The van der Waals surface area contributed by atoms with Crippen LogP contribution in [-0.2, 0) is 6.18 Å². The lowest BCUT2D eigenvalue weighted by Gasteiger charge is -2.15. The lowest BCUT2D eigenvalue weighted by atomic mass is 10.1. The summed E-state index contributed by atoms with van der Waals surface area (Å²) < 4.78 is 72.0. The molecule has 0 radical (unpaired) electrons. The number of aliphatic hydroxyl groups is 1. The summed E-state index contributed by atoms with van der Waals surface area (Å²) in [6, 6.07) is 0. The zero-order chi connectivity index (χ0) is 11.9. The molecule has 1 heterocycles. The van der Waals surface area contributed by atoms with Crippen LogP contribution in [0.15, 0.2) is 6.20 Å². The number of nitrogens with zero attached hydrogens (tertiary/aromatic N) is 1. The van der Waals surface area contributed by atoms with Gasteiger partial charge in [0.1, 0.15) is 5.69 Å². The number of rotatable bonds is 1. The molecule has 15 heavy (non-hydrogen) atoms. The van der Waals surface area contributed by atoms with Gasteiger partial charge in [0.25, 0.3) is 0 Å². The molecular formula is C6H4F6N2O. The van der Waals surface area contributed by atoms with Gasteiger partial charge in [-0.15, -0.1) is 0 Å². The second kappa shape index (κ2) is 3.40. The van der Waals surface area contributed by atoms with Crippen molar-refractivity contribution in [3.05, 3.63) is 17.5 Å². The number of aromatic amines is 1. The Morgan fingerprint density at radius 3 is 2.13 bits per heavy atom. The molecule has 0 unspecified atom stereocenters. The van der Waals surface area contributed by atoms with Gasteiger partial charge in [0.05, 0.1) is 6.20 Å². The van der Waals surface area contributed by atoms with E-state index in [9.17, 15) is 26.3 Å². The van der Waals surface area contributed by atoms with Crippen molar-refractivity contribution in [2.24, 2.45) is 0 Å². The summed E-state index contributed by atoms with van der Waals surface area (Å²) in [7, 11) is 0.